The molecule has 0 heterocycles. The third kappa shape index (κ3) is 3.67. The highest BCUT2D eigenvalue weighted by Gasteiger charge is 2.69. The quantitative estimate of drug-likeness (QED) is 0.461. The Bertz CT molecular complexity index is 809. The number of carbonyl (C=O) groups is 1. The van der Waals surface area contributed by atoms with Crippen LogP contribution >= 0.6 is 0 Å². The van der Waals surface area contributed by atoms with E-state index < -0.39 is 17.3 Å². The van der Waals surface area contributed by atoms with Crippen molar-refractivity contribution in [1.29, 1.82) is 0 Å². The number of aliphatic hydroxyl groups is 3. The van der Waals surface area contributed by atoms with E-state index in [0.717, 1.165) is 38.5 Å². The average molecular weight is 477 g/mol. The lowest BCUT2D eigenvalue weighted by Crippen LogP contribution is -2.63. The van der Waals surface area contributed by atoms with Gasteiger partial charge in [0.1, 0.15) is 5.78 Å². The number of fused-ring (bicyclic) bond motifs is 5. The summed E-state index contributed by atoms with van der Waals surface area (Å²) in [6, 6.07) is 0. The monoisotopic (exact) mass is 476 g/mol. The van der Waals surface area contributed by atoms with Gasteiger partial charge in [-0.15, -0.1) is 0 Å². The summed E-state index contributed by atoms with van der Waals surface area (Å²) in [6.07, 6.45) is 8.76. The van der Waals surface area contributed by atoms with Crippen molar-refractivity contribution in [3.05, 3.63) is 0 Å². The normalized spacial score (nSPS) is 46.7. The fraction of sp³-hybridized carbons (Fsp3) is 0.967. The Balaban J connectivity index is 1.58. The molecule has 3 N–H and O–H groups in total. The van der Waals surface area contributed by atoms with Crippen molar-refractivity contribution in [3.8, 4) is 0 Å². The predicted molar refractivity (Wildman–Crippen MR) is 136 cm³/mol. The summed E-state index contributed by atoms with van der Waals surface area (Å²) in [5.41, 5.74) is -1.55. The second-order valence-electron chi connectivity index (χ2n) is 15.0. The Morgan fingerprint density at radius 3 is 2.12 bits per heavy atom. The molecular formula is C30H52O4. The molecular weight excluding hydrogens is 424 g/mol. The van der Waals surface area contributed by atoms with Crippen LogP contribution in [0.15, 0.2) is 0 Å². The van der Waals surface area contributed by atoms with Crippen molar-refractivity contribution in [2.75, 3.05) is 0 Å². The molecule has 34 heavy (non-hydrogen) atoms. The Hall–Kier alpha value is -0.450. The zero-order valence-corrected chi connectivity index (χ0v) is 23.2. The number of hydrogen-bond donors (Lipinski definition) is 3. The summed E-state index contributed by atoms with van der Waals surface area (Å²) >= 11 is 0. The van der Waals surface area contributed by atoms with Crippen LogP contribution in [0.2, 0.25) is 0 Å². The van der Waals surface area contributed by atoms with E-state index in [1.807, 2.05) is 6.92 Å². The van der Waals surface area contributed by atoms with E-state index in [1.54, 1.807) is 13.8 Å². The molecule has 9 atom stereocenters. The van der Waals surface area contributed by atoms with Crippen molar-refractivity contribution in [2.24, 2.45) is 45.3 Å². The number of carbonyl (C=O) groups excluding carboxylic acids is 1. The van der Waals surface area contributed by atoms with Crippen molar-refractivity contribution in [1.82, 2.24) is 0 Å². The van der Waals surface area contributed by atoms with Crippen LogP contribution in [0.1, 0.15) is 120 Å². The first-order chi connectivity index (χ1) is 15.4. The van der Waals surface area contributed by atoms with Crippen LogP contribution in [0.25, 0.3) is 0 Å². The second kappa shape index (κ2) is 8.02. The molecule has 0 unspecified atom stereocenters. The van der Waals surface area contributed by atoms with Crippen LogP contribution in [0.4, 0.5) is 0 Å². The molecule has 0 aliphatic heterocycles. The maximum absolute atomic E-state index is 12.9. The number of ketones is 1. The maximum Gasteiger partial charge on any atom is 0.138 e. The lowest BCUT2D eigenvalue weighted by molar-refractivity contribution is -0.207. The average Bonchev–Trinajstić information content (AvgIpc) is 3.08. The Morgan fingerprint density at radius 1 is 0.882 bits per heavy atom. The van der Waals surface area contributed by atoms with Crippen LogP contribution in [-0.2, 0) is 4.79 Å². The van der Waals surface area contributed by atoms with Crippen molar-refractivity contribution < 1.29 is 20.1 Å². The van der Waals surface area contributed by atoms with E-state index in [2.05, 4.69) is 34.6 Å². The number of aliphatic hydroxyl groups excluding tert-OH is 1. The van der Waals surface area contributed by atoms with Crippen LogP contribution in [0.3, 0.4) is 0 Å². The molecule has 0 amide bonds. The fourth-order valence-electron chi connectivity index (χ4n) is 10.3. The second-order valence-corrected chi connectivity index (χ2v) is 15.0. The van der Waals surface area contributed by atoms with E-state index >= 15 is 0 Å². The van der Waals surface area contributed by atoms with E-state index in [1.165, 1.54) is 12.8 Å². The highest BCUT2D eigenvalue weighted by molar-refractivity contribution is 5.85. The zero-order chi connectivity index (χ0) is 25.5. The molecule has 0 saturated heterocycles. The van der Waals surface area contributed by atoms with Crippen molar-refractivity contribution in [2.45, 2.75) is 137 Å². The van der Waals surface area contributed by atoms with Crippen molar-refractivity contribution >= 4 is 5.78 Å². The van der Waals surface area contributed by atoms with Gasteiger partial charge in [0.15, 0.2) is 0 Å². The third-order valence-corrected chi connectivity index (χ3v) is 12.7. The van der Waals surface area contributed by atoms with Gasteiger partial charge < -0.3 is 15.3 Å². The first-order valence-corrected chi connectivity index (χ1v) is 14.1. The third-order valence-electron chi connectivity index (χ3n) is 12.7. The molecule has 4 nitrogen and oxygen atoms in total. The highest BCUT2D eigenvalue weighted by atomic mass is 16.3. The van der Waals surface area contributed by atoms with Gasteiger partial charge in [0.25, 0.3) is 0 Å². The molecule has 4 fully saturated rings. The van der Waals surface area contributed by atoms with Crippen molar-refractivity contribution in [3.63, 3.8) is 0 Å². The zero-order valence-electron chi connectivity index (χ0n) is 23.2. The Morgan fingerprint density at radius 2 is 1.50 bits per heavy atom. The fourth-order valence-corrected chi connectivity index (χ4v) is 10.3. The smallest absolute Gasteiger partial charge is 0.138 e. The molecule has 0 aromatic rings. The molecule has 196 valence electrons. The summed E-state index contributed by atoms with van der Waals surface area (Å²) in [4.78, 5) is 12.9. The molecule has 0 aromatic carbocycles. The molecule has 0 bridgehead atoms. The summed E-state index contributed by atoms with van der Waals surface area (Å²) in [7, 11) is 0. The standard InChI is InChI=1S/C30H52O4/c1-25(2)21-12-17-29(7)22(27(21,5)15-13-23(25)31)10-9-19-20(11-16-28(19,29)6)30(8,34)18-14-24(32)26(3,4)33/h19-22,24,32-34H,9-18H2,1-8H3/t19-,20+,21+,22-,24-,27+,28-,29-,30+/m1/s1. The number of hydrogen-bond acceptors (Lipinski definition) is 4. The largest absolute Gasteiger partial charge is 0.390 e. The van der Waals surface area contributed by atoms with Gasteiger partial charge in [-0.3, -0.25) is 4.79 Å². The molecule has 4 aliphatic rings. The van der Waals surface area contributed by atoms with Crippen LogP contribution in [0.5, 0.6) is 0 Å². The van der Waals surface area contributed by atoms with Gasteiger partial charge in [-0.2, -0.15) is 0 Å². The van der Waals surface area contributed by atoms with Gasteiger partial charge in [0, 0.05) is 11.8 Å². The minimum atomic E-state index is -1.14. The van der Waals surface area contributed by atoms with Crippen LogP contribution in [0, 0.1) is 45.3 Å². The summed E-state index contributed by atoms with van der Waals surface area (Å²) in [5.74, 6) is 2.29. The minimum absolute atomic E-state index is 0.193. The highest BCUT2D eigenvalue weighted by Crippen LogP contribution is 2.75. The summed E-state index contributed by atoms with van der Waals surface area (Å²) < 4.78 is 0. The summed E-state index contributed by atoms with van der Waals surface area (Å²) in [6.45, 7) is 17.3. The van der Waals surface area contributed by atoms with Gasteiger partial charge in [-0.1, -0.05) is 34.6 Å². The molecule has 4 aliphatic carbocycles. The Labute approximate surface area is 208 Å². The van der Waals surface area contributed by atoms with Gasteiger partial charge in [-0.25, -0.2) is 0 Å². The van der Waals surface area contributed by atoms with Gasteiger partial charge >= 0.3 is 0 Å². The molecule has 4 saturated carbocycles. The molecule has 0 radical (unpaired) electrons. The van der Waals surface area contributed by atoms with E-state index in [9.17, 15) is 20.1 Å². The van der Waals surface area contributed by atoms with E-state index in [0.29, 0.717) is 36.4 Å². The van der Waals surface area contributed by atoms with Gasteiger partial charge in [-0.05, 0) is 118 Å². The number of Topliss-reactive ketones (excluding diaryl/α,β-unsaturated/α-hetero) is 1. The molecule has 0 spiro atoms. The number of rotatable bonds is 5. The first kappa shape index (κ1) is 26.6. The van der Waals surface area contributed by atoms with Gasteiger partial charge in [0.05, 0.1) is 17.3 Å². The molecule has 0 aromatic heterocycles. The first-order valence-electron chi connectivity index (χ1n) is 14.1. The van der Waals surface area contributed by atoms with Crippen LogP contribution < -0.4 is 0 Å². The topological polar surface area (TPSA) is 77.8 Å². The van der Waals surface area contributed by atoms with E-state index in [-0.39, 0.29) is 27.6 Å². The maximum atomic E-state index is 12.9. The predicted octanol–water partition coefficient (Wildman–Crippen LogP) is 5.90. The van der Waals surface area contributed by atoms with Gasteiger partial charge in [0.2, 0.25) is 0 Å². The minimum Gasteiger partial charge on any atom is -0.390 e. The molecule has 4 heteroatoms. The van der Waals surface area contributed by atoms with Crippen LogP contribution in [-0.4, -0.2) is 38.4 Å². The Kier molecular flexibility index (Phi) is 6.28. The van der Waals surface area contributed by atoms with E-state index in [4.69, 9.17) is 0 Å². The summed E-state index contributed by atoms with van der Waals surface area (Å²) in [5, 5.41) is 32.2. The lowest BCUT2D eigenvalue weighted by atomic mass is 9.35. The molecule has 4 rings (SSSR count). The SMILES string of the molecule is CC(C)(O)[C@H](O)CC[C@](C)(O)[C@H]1CC[C@]2(C)[C@@H]1CC[C@@H]1[C@@]3(C)CCC(=O)C(C)(C)[C@@H]3CC[C@]12C. The lowest BCUT2D eigenvalue weighted by Gasteiger charge is -2.69.